The fraction of sp³-hybridized carbons (Fsp3) is 0.769. The van der Waals surface area contributed by atoms with Crippen LogP contribution in [0.4, 0.5) is 0 Å². The number of halogens is 2. The molecule has 1 fully saturated rings. The van der Waals surface area contributed by atoms with Crippen molar-refractivity contribution in [2.24, 2.45) is 5.41 Å². The summed E-state index contributed by atoms with van der Waals surface area (Å²) in [7, 11) is 0. The van der Waals surface area contributed by atoms with E-state index in [4.69, 9.17) is 11.6 Å². The van der Waals surface area contributed by atoms with Crippen molar-refractivity contribution in [2.75, 3.05) is 12.4 Å². The van der Waals surface area contributed by atoms with Gasteiger partial charge in [0, 0.05) is 25.5 Å². The number of hydrogen-bond acceptors (Lipinski definition) is 2. The van der Waals surface area contributed by atoms with Gasteiger partial charge in [0.15, 0.2) is 0 Å². The van der Waals surface area contributed by atoms with Crippen LogP contribution in [0.5, 0.6) is 0 Å². The Labute approximate surface area is 122 Å². The molecule has 1 aromatic heterocycles. The molecule has 0 aromatic carbocycles. The molecular weight excluding hydrogens is 314 g/mol. The highest BCUT2D eigenvalue weighted by Crippen LogP contribution is 2.45. The van der Waals surface area contributed by atoms with Crippen molar-refractivity contribution < 1.29 is 0 Å². The molecule has 1 aromatic rings. The number of rotatable bonds is 7. The Balaban J connectivity index is 1.97. The molecule has 2 rings (SSSR count). The van der Waals surface area contributed by atoms with Crippen LogP contribution in [-0.2, 0) is 19.5 Å². The molecule has 0 spiro atoms. The average molecular weight is 335 g/mol. The van der Waals surface area contributed by atoms with Crippen molar-refractivity contribution in [2.45, 2.75) is 46.2 Å². The third-order valence-corrected chi connectivity index (χ3v) is 5.21. The van der Waals surface area contributed by atoms with Crippen LogP contribution >= 0.6 is 27.5 Å². The molecule has 18 heavy (non-hydrogen) atoms. The van der Waals surface area contributed by atoms with Crippen molar-refractivity contribution in [3.8, 4) is 0 Å². The van der Waals surface area contributed by atoms with Crippen molar-refractivity contribution in [1.29, 1.82) is 0 Å². The van der Waals surface area contributed by atoms with Crippen LogP contribution in [-0.4, -0.2) is 22.2 Å². The second-order valence-electron chi connectivity index (χ2n) is 5.11. The molecule has 0 amide bonds. The molecule has 1 heterocycles. The van der Waals surface area contributed by atoms with Crippen LogP contribution in [0.15, 0.2) is 4.47 Å². The number of hydrogen-bond donors (Lipinski definition) is 1. The first-order chi connectivity index (χ1) is 8.65. The minimum absolute atomic E-state index is 0.374. The summed E-state index contributed by atoms with van der Waals surface area (Å²) in [6.07, 6.45) is 3.49. The van der Waals surface area contributed by atoms with Gasteiger partial charge >= 0.3 is 0 Å². The molecule has 1 saturated carbocycles. The molecule has 0 saturated heterocycles. The van der Waals surface area contributed by atoms with E-state index in [1.807, 2.05) is 0 Å². The summed E-state index contributed by atoms with van der Waals surface area (Å²) in [5, 5.41) is 8.13. The van der Waals surface area contributed by atoms with Crippen molar-refractivity contribution in [1.82, 2.24) is 15.1 Å². The normalized spacial score (nSPS) is 17.1. The molecule has 5 heteroatoms. The molecule has 0 radical (unpaired) electrons. The average Bonchev–Trinajstić information content (AvgIpc) is 3.10. The summed E-state index contributed by atoms with van der Waals surface area (Å²) in [5.41, 5.74) is 2.77. The first-order valence-electron chi connectivity index (χ1n) is 6.66. The van der Waals surface area contributed by atoms with Crippen molar-refractivity contribution >= 4 is 27.5 Å². The van der Waals surface area contributed by atoms with E-state index in [2.05, 4.69) is 44.9 Å². The Morgan fingerprint density at radius 1 is 1.44 bits per heavy atom. The second-order valence-corrected chi connectivity index (χ2v) is 6.17. The van der Waals surface area contributed by atoms with Crippen molar-refractivity contribution in [3.63, 3.8) is 0 Å². The topological polar surface area (TPSA) is 29.9 Å². The Hall–Kier alpha value is -0.0600. The summed E-state index contributed by atoms with van der Waals surface area (Å²) >= 11 is 9.65. The van der Waals surface area contributed by atoms with Gasteiger partial charge in [-0.25, -0.2) is 0 Å². The Bertz CT molecular complexity index is 413. The van der Waals surface area contributed by atoms with Gasteiger partial charge in [-0.05, 0) is 47.5 Å². The van der Waals surface area contributed by atoms with E-state index in [1.54, 1.807) is 0 Å². The lowest BCUT2D eigenvalue weighted by molar-refractivity contribution is 0.488. The first-order valence-corrected chi connectivity index (χ1v) is 7.99. The number of aryl methyl sites for hydroxylation is 2. The summed E-state index contributed by atoms with van der Waals surface area (Å²) in [6.45, 7) is 7.05. The molecule has 0 atom stereocenters. The number of alkyl halides is 1. The van der Waals surface area contributed by atoms with E-state index in [0.717, 1.165) is 42.1 Å². The van der Waals surface area contributed by atoms with E-state index >= 15 is 0 Å². The molecule has 0 bridgehead atoms. The van der Waals surface area contributed by atoms with Gasteiger partial charge in [0.05, 0.1) is 15.9 Å². The molecule has 0 unspecified atom stereocenters. The Kier molecular flexibility index (Phi) is 4.73. The number of nitrogens with one attached hydrogen (secondary N) is 1. The van der Waals surface area contributed by atoms with Crippen LogP contribution in [0.1, 0.15) is 38.1 Å². The van der Waals surface area contributed by atoms with Gasteiger partial charge in [0.25, 0.3) is 0 Å². The second kappa shape index (κ2) is 5.93. The predicted octanol–water partition coefficient (Wildman–Crippen LogP) is 3.34. The van der Waals surface area contributed by atoms with E-state index in [9.17, 15) is 0 Å². The van der Waals surface area contributed by atoms with Crippen LogP contribution in [0.25, 0.3) is 0 Å². The molecule has 1 N–H and O–H groups in total. The largest absolute Gasteiger partial charge is 0.311 e. The number of nitrogens with zero attached hydrogens (tertiary/aromatic N) is 2. The van der Waals surface area contributed by atoms with Crippen LogP contribution in [0.2, 0.25) is 0 Å². The van der Waals surface area contributed by atoms with E-state index in [-0.39, 0.29) is 0 Å². The fourth-order valence-electron chi connectivity index (χ4n) is 2.17. The third-order valence-electron chi connectivity index (χ3n) is 3.73. The van der Waals surface area contributed by atoms with Gasteiger partial charge in [0.1, 0.15) is 0 Å². The monoisotopic (exact) mass is 333 g/mol. The lowest BCUT2D eigenvalue weighted by atomic mass is 10.1. The summed E-state index contributed by atoms with van der Waals surface area (Å²) in [5.74, 6) is 0.772. The van der Waals surface area contributed by atoms with Gasteiger partial charge in [-0.1, -0.05) is 6.92 Å². The predicted molar refractivity (Wildman–Crippen MR) is 79.1 cm³/mol. The highest BCUT2D eigenvalue weighted by atomic mass is 79.9. The Morgan fingerprint density at radius 2 is 2.17 bits per heavy atom. The Morgan fingerprint density at radius 3 is 2.67 bits per heavy atom. The maximum atomic E-state index is 5.99. The molecule has 0 aliphatic heterocycles. The maximum Gasteiger partial charge on any atom is 0.0767 e. The quantitative estimate of drug-likeness (QED) is 0.775. The van der Waals surface area contributed by atoms with Gasteiger partial charge in [-0.2, -0.15) is 5.10 Å². The van der Waals surface area contributed by atoms with Crippen LogP contribution in [0, 0.1) is 5.41 Å². The lowest BCUT2D eigenvalue weighted by Gasteiger charge is -2.13. The minimum Gasteiger partial charge on any atom is -0.311 e. The smallest absolute Gasteiger partial charge is 0.0767 e. The van der Waals surface area contributed by atoms with Gasteiger partial charge in [0.2, 0.25) is 0 Å². The standard InChI is InChI=1S/C13H21BrClN3/c1-3-10-12(14)11(18(4-2)17-10)7-16-9-13(8-15)5-6-13/h16H,3-9H2,1-2H3. The van der Waals surface area contributed by atoms with Gasteiger partial charge in [-0.15, -0.1) is 11.6 Å². The zero-order valence-electron chi connectivity index (χ0n) is 11.1. The molecule has 1 aliphatic carbocycles. The SMILES string of the molecule is CCc1nn(CC)c(CNCC2(CCl)CC2)c1Br. The third kappa shape index (κ3) is 2.91. The summed E-state index contributed by atoms with van der Waals surface area (Å²) in [6, 6.07) is 0. The van der Waals surface area contributed by atoms with Gasteiger partial charge < -0.3 is 5.32 Å². The summed E-state index contributed by atoms with van der Waals surface area (Å²) < 4.78 is 3.24. The zero-order valence-corrected chi connectivity index (χ0v) is 13.4. The van der Waals surface area contributed by atoms with E-state index in [1.165, 1.54) is 18.5 Å². The van der Waals surface area contributed by atoms with Crippen molar-refractivity contribution in [3.05, 3.63) is 15.9 Å². The van der Waals surface area contributed by atoms with Gasteiger partial charge in [-0.3, -0.25) is 4.68 Å². The first kappa shape index (κ1) is 14.4. The number of aromatic nitrogens is 2. The van der Waals surface area contributed by atoms with Crippen LogP contribution in [0.3, 0.4) is 0 Å². The zero-order chi connectivity index (χ0) is 13.2. The van der Waals surface area contributed by atoms with E-state index < -0.39 is 0 Å². The fourth-order valence-corrected chi connectivity index (χ4v) is 3.23. The summed E-state index contributed by atoms with van der Waals surface area (Å²) in [4.78, 5) is 0. The van der Waals surface area contributed by atoms with Crippen LogP contribution < -0.4 is 5.32 Å². The lowest BCUT2D eigenvalue weighted by Crippen LogP contribution is -2.26. The molecule has 102 valence electrons. The van der Waals surface area contributed by atoms with E-state index in [0.29, 0.717) is 5.41 Å². The minimum atomic E-state index is 0.374. The molecule has 3 nitrogen and oxygen atoms in total. The highest BCUT2D eigenvalue weighted by Gasteiger charge is 2.41. The molecular formula is C13H21BrClN3. The molecule has 1 aliphatic rings. The maximum absolute atomic E-state index is 5.99. The highest BCUT2D eigenvalue weighted by molar-refractivity contribution is 9.10.